The molecule has 9 heteroatoms. The fourth-order valence-electron chi connectivity index (χ4n) is 5.35. The number of benzene rings is 4. The average Bonchev–Trinajstić information content (AvgIpc) is 3.58. The maximum absolute atomic E-state index is 13.3. The SMILES string of the molecule is Cc1ccc(-c2cccc(-c3nc4c(ccc5cc(S(=O)(=O)N6CCCC6C(=O)O)cc(O)c54)[nH]3)c2)cc1C. The Bertz CT molecular complexity index is 1890. The molecule has 1 saturated heterocycles. The van der Waals surface area contributed by atoms with E-state index in [0.717, 1.165) is 21.0 Å². The number of fused-ring (bicyclic) bond motifs is 3. The van der Waals surface area contributed by atoms with Gasteiger partial charge in [0.25, 0.3) is 0 Å². The highest BCUT2D eigenvalue weighted by atomic mass is 32.2. The zero-order valence-corrected chi connectivity index (χ0v) is 22.3. The highest BCUT2D eigenvalue weighted by molar-refractivity contribution is 7.89. The van der Waals surface area contributed by atoms with Crippen LogP contribution in [0.15, 0.2) is 71.6 Å². The van der Waals surface area contributed by atoms with Gasteiger partial charge in [0, 0.05) is 18.2 Å². The van der Waals surface area contributed by atoms with E-state index >= 15 is 0 Å². The fraction of sp³-hybridized carbons (Fsp3) is 0.200. The van der Waals surface area contributed by atoms with Gasteiger partial charge in [-0.3, -0.25) is 4.79 Å². The van der Waals surface area contributed by atoms with Crippen LogP contribution in [0.5, 0.6) is 5.75 Å². The molecule has 1 atom stereocenters. The smallest absolute Gasteiger partial charge is 0.322 e. The number of hydrogen-bond acceptors (Lipinski definition) is 5. The van der Waals surface area contributed by atoms with Crippen LogP contribution < -0.4 is 0 Å². The van der Waals surface area contributed by atoms with Crippen molar-refractivity contribution in [1.29, 1.82) is 0 Å². The van der Waals surface area contributed by atoms with Crippen molar-refractivity contribution >= 4 is 37.8 Å². The normalized spacial score (nSPS) is 16.3. The first kappa shape index (κ1) is 25.1. The van der Waals surface area contributed by atoms with Crippen LogP contribution in [0.4, 0.5) is 0 Å². The molecule has 0 spiro atoms. The summed E-state index contributed by atoms with van der Waals surface area (Å²) in [5, 5.41) is 21.4. The van der Waals surface area contributed by atoms with Crippen molar-refractivity contribution in [2.45, 2.75) is 37.6 Å². The van der Waals surface area contributed by atoms with Gasteiger partial charge >= 0.3 is 5.97 Å². The number of sulfonamides is 1. The number of imidazole rings is 1. The first-order valence-corrected chi connectivity index (χ1v) is 14.2. The summed E-state index contributed by atoms with van der Waals surface area (Å²) in [5.41, 5.74) is 6.71. The molecule has 39 heavy (non-hydrogen) atoms. The van der Waals surface area contributed by atoms with Crippen LogP contribution in [-0.2, 0) is 14.8 Å². The number of aromatic amines is 1. The molecule has 5 aromatic rings. The second-order valence-corrected chi connectivity index (χ2v) is 12.0. The van der Waals surface area contributed by atoms with Crippen LogP contribution in [0.25, 0.3) is 44.3 Å². The molecule has 0 radical (unpaired) electrons. The van der Waals surface area contributed by atoms with E-state index < -0.39 is 22.0 Å². The lowest BCUT2D eigenvalue weighted by molar-refractivity contribution is -0.140. The molecule has 1 aliphatic heterocycles. The number of carboxylic acids is 1. The third kappa shape index (κ3) is 4.24. The Labute approximate surface area is 225 Å². The van der Waals surface area contributed by atoms with Gasteiger partial charge in [0.05, 0.1) is 15.8 Å². The first-order valence-electron chi connectivity index (χ1n) is 12.7. The van der Waals surface area contributed by atoms with Crippen LogP contribution in [0.2, 0.25) is 0 Å². The van der Waals surface area contributed by atoms with Crippen molar-refractivity contribution in [3.05, 3.63) is 77.9 Å². The molecule has 0 aliphatic carbocycles. The number of aliphatic carboxylic acids is 1. The zero-order valence-electron chi connectivity index (χ0n) is 21.5. The number of H-pyrrole nitrogens is 1. The second-order valence-electron chi connectivity index (χ2n) is 10.1. The maximum Gasteiger partial charge on any atom is 0.322 e. The predicted molar refractivity (Wildman–Crippen MR) is 150 cm³/mol. The van der Waals surface area contributed by atoms with Crippen LogP contribution >= 0.6 is 0 Å². The van der Waals surface area contributed by atoms with Crippen molar-refractivity contribution in [3.63, 3.8) is 0 Å². The summed E-state index contributed by atoms with van der Waals surface area (Å²) >= 11 is 0. The van der Waals surface area contributed by atoms with Gasteiger partial charge in [0.15, 0.2) is 0 Å². The van der Waals surface area contributed by atoms with Gasteiger partial charge in [-0.15, -0.1) is 0 Å². The van der Waals surface area contributed by atoms with E-state index in [4.69, 9.17) is 4.98 Å². The number of aromatic hydroxyl groups is 1. The molecular weight excluding hydrogens is 514 g/mol. The number of rotatable bonds is 5. The molecule has 3 N–H and O–H groups in total. The molecular formula is C30H27N3O5S. The Morgan fingerprint density at radius 3 is 2.51 bits per heavy atom. The zero-order chi connectivity index (χ0) is 27.5. The van der Waals surface area contributed by atoms with Gasteiger partial charge in [-0.05, 0) is 72.5 Å². The molecule has 0 saturated carbocycles. The average molecular weight is 542 g/mol. The minimum atomic E-state index is -4.11. The van der Waals surface area contributed by atoms with E-state index in [2.05, 4.69) is 49.2 Å². The molecule has 1 aromatic heterocycles. The van der Waals surface area contributed by atoms with Crippen LogP contribution in [0.1, 0.15) is 24.0 Å². The van der Waals surface area contributed by atoms with Gasteiger partial charge in [0.1, 0.15) is 23.1 Å². The summed E-state index contributed by atoms with van der Waals surface area (Å²) in [6, 6.07) is 19.5. The molecule has 0 amide bonds. The number of hydrogen-bond donors (Lipinski definition) is 3. The van der Waals surface area contributed by atoms with E-state index in [9.17, 15) is 23.4 Å². The lowest BCUT2D eigenvalue weighted by Gasteiger charge is -2.21. The Hall–Kier alpha value is -4.21. The maximum atomic E-state index is 13.3. The van der Waals surface area contributed by atoms with E-state index in [0.29, 0.717) is 34.1 Å². The standard InChI is InChI=1S/C30H27N3O5S/c1-17-8-9-20(13-18(17)2)19-5-3-6-22(14-19)29-31-24-11-10-21-15-23(16-26(34)27(21)28(24)32-29)39(37,38)33-12-4-7-25(33)30(35)36/h3,5-6,8-11,13-16,25,34H,4,7,12H2,1-2H3,(H,31,32)(H,35,36). The largest absolute Gasteiger partial charge is 0.507 e. The highest BCUT2D eigenvalue weighted by Crippen LogP contribution is 2.37. The molecule has 1 aliphatic rings. The topological polar surface area (TPSA) is 124 Å². The molecule has 6 rings (SSSR count). The van der Waals surface area contributed by atoms with E-state index in [1.54, 1.807) is 12.1 Å². The predicted octanol–water partition coefficient (Wildman–Crippen LogP) is 5.61. The molecule has 2 heterocycles. The Morgan fingerprint density at radius 1 is 0.974 bits per heavy atom. The number of carbonyl (C=O) groups is 1. The van der Waals surface area contributed by atoms with Crippen LogP contribution in [-0.4, -0.2) is 51.5 Å². The first-order chi connectivity index (χ1) is 18.6. The molecule has 1 unspecified atom stereocenters. The number of nitrogens with one attached hydrogen (secondary N) is 1. The van der Waals surface area contributed by atoms with Crippen LogP contribution in [0.3, 0.4) is 0 Å². The van der Waals surface area contributed by atoms with Gasteiger partial charge in [-0.25, -0.2) is 13.4 Å². The molecule has 4 aromatic carbocycles. The summed E-state index contributed by atoms with van der Waals surface area (Å²) in [7, 11) is -4.11. The monoisotopic (exact) mass is 541 g/mol. The van der Waals surface area contributed by atoms with Gasteiger partial charge in [-0.1, -0.05) is 42.5 Å². The quantitative estimate of drug-likeness (QED) is 0.266. The fourth-order valence-corrected chi connectivity index (χ4v) is 7.05. The molecule has 0 bridgehead atoms. The third-order valence-corrected chi connectivity index (χ3v) is 9.48. The van der Waals surface area contributed by atoms with Crippen LogP contribution in [0, 0.1) is 13.8 Å². The number of phenolic OH excluding ortho intramolecular Hbond substituents is 1. The number of carboxylic acid groups (broad SMARTS) is 1. The molecule has 1 fully saturated rings. The van der Waals surface area contributed by atoms with Crippen molar-refractivity contribution in [3.8, 4) is 28.3 Å². The summed E-state index contributed by atoms with van der Waals surface area (Å²) < 4.78 is 27.6. The minimum Gasteiger partial charge on any atom is -0.507 e. The van der Waals surface area contributed by atoms with E-state index in [1.165, 1.54) is 23.3 Å². The number of nitrogens with zero attached hydrogens (tertiary/aromatic N) is 2. The lowest BCUT2D eigenvalue weighted by Crippen LogP contribution is -2.40. The summed E-state index contributed by atoms with van der Waals surface area (Å²) in [5.74, 6) is -0.779. The van der Waals surface area contributed by atoms with Crippen molar-refractivity contribution < 1.29 is 23.4 Å². The Morgan fingerprint density at radius 2 is 1.74 bits per heavy atom. The van der Waals surface area contributed by atoms with Crippen molar-refractivity contribution in [1.82, 2.24) is 14.3 Å². The van der Waals surface area contributed by atoms with Gasteiger partial charge in [-0.2, -0.15) is 4.31 Å². The number of phenols is 1. The highest BCUT2D eigenvalue weighted by Gasteiger charge is 2.39. The number of aromatic nitrogens is 2. The number of aryl methyl sites for hydroxylation is 2. The third-order valence-electron chi connectivity index (χ3n) is 7.59. The van der Waals surface area contributed by atoms with Crippen molar-refractivity contribution in [2.75, 3.05) is 6.54 Å². The Balaban J connectivity index is 1.42. The van der Waals surface area contributed by atoms with E-state index in [1.807, 2.05) is 12.1 Å². The second kappa shape index (κ2) is 9.21. The van der Waals surface area contributed by atoms with Gasteiger partial charge in [0.2, 0.25) is 10.0 Å². The van der Waals surface area contributed by atoms with Crippen molar-refractivity contribution in [2.24, 2.45) is 0 Å². The van der Waals surface area contributed by atoms with Gasteiger partial charge < -0.3 is 15.2 Å². The summed E-state index contributed by atoms with van der Waals surface area (Å²) in [4.78, 5) is 19.6. The Kier molecular flexibility index (Phi) is 5.93. The molecule has 198 valence electrons. The lowest BCUT2D eigenvalue weighted by atomic mass is 9.99. The minimum absolute atomic E-state index is 0.126. The summed E-state index contributed by atoms with van der Waals surface area (Å²) in [6.07, 6.45) is 0.729. The summed E-state index contributed by atoms with van der Waals surface area (Å²) in [6.45, 7) is 4.30. The molecule has 8 nitrogen and oxygen atoms in total. The van der Waals surface area contributed by atoms with E-state index in [-0.39, 0.29) is 23.6 Å².